The van der Waals surface area contributed by atoms with Gasteiger partial charge in [0.2, 0.25) is 0 Å². The summed E-state index contributed by atoms with van der Waals surface area (Å²) >= 11 is 0. The maximum Gasteiger partial charge on any atom is 0.161 e. The molecule has 0 aromatic carbocycles. The van der Waals surface area contributed by atoms with Gasteiger partial charge in [0.15, 0.2) is 5.78 Å². The topological polar surface area (TPSA) is 17.1 Å². The molecular weight excluding hydrogens is 112 g/mol. The van der Waals surface area contributed by atoms with Crippen molar-refractivity contribution in [3.05, 3.63) is 12.2 Å². The summed E-state index contributed by atoms with van der Waals surface area (Å²) in [5.41, 5.74) is 0.125. The molecular formula is C8H10O. The molecule has 9 heavy (non-hydrogen) atoms. The number of ketones is 1. The predicted molar refractivity (Wildman–Crippen MR) is 35.0 cm³/mol. The van der Waals surface area contributed by atoms with E-state index in [1.165, 1.54) is 6.42 Å². The highest BCUT2D eigenvalue weighted by atomic mass is 16.1. The fourth-order valence-electron chi connectivity index (χ4n) is 1.72. The summed E-state index contributed by atoms with van der Waals surface area (Å²) < 4.78 is 0. The Bertz CT molecular complexity index is 175. The zero-order valence-electron chi connectivity index (χ0n) is 5.39. The minimum atomic E-state index is 0.125. The number of hydrogen-bond acceptors (Lipinski definition) is 1. The van der Waals surface area contributed by atoms with E-state index in [0.29, 0.717) is 5.78 Å². The van der Waals surface area contributed by atoms with Gasteiger partial charge in [-0.05, 0) is 25.3 Å². The average molecular weight is 122 g/mol. The molecule has 0 atom stereocenters. The number of rotatable bonds is 0. The third-order valence-electron chi connectivity index (χ3n) is 2.61. The molecule has 0 saturated heterocycles. The summed E-state index contributed by atoms with van der Waals surface area (Å²) in [6.45, 7) is 0. The van der Waals surface area contributed by atoms with Crippen LogP contribution in [0.25, 0.3) is 0 Å². The Kier molecular flexibility index (Phi) is 0.850. The fourth-order valence-corrected chi connectivity index (χ4v) is 1.72. The summed E-state index contributed by atoms with van der Waals surface area (Å²) in [5.74, 6) is 0.383. The third kappa shape index (κ3) is 0.521. The zero-order chi connectivity index (χ0) is 6.32. The van der Waals surface area contributed by atoms with Gasteiger partial charge in [-0.15, -0.1) is 0 Å². The van der Waals surface area contributed by atoms with Crippen LogP contribution in [0.4, 0.5) is 0 Å². The van der Waals surface area contributed by atoms with E-state index in [4.69, 9.17) is 0 Å². The lowest BCUT2D eigenvalue weighted by atomic mass is 9.66. The van der Waals surface area contributed by atoms with Crippen LogP contribution in [-0.2, 0) is 4.79 Å². The molecule has 1 nitrogen and oxygen atoms in total. The van der Waals surface area contributed by atoms with E-state index in [0.717, 1.165) is 19.3 Å². The van der Waals surface area contributed by atoms with Gasteiger partial charge in [-0.25, -0.2) is 0 Å². The van der Waals surface area contributed by atoms with Crippen LogP contribution < -0.4 is 0 Å². The Morgan fingerprint density at radius 2 is 2.22 bits per heavy atom. The SMILES string of the molecule is O=C1C=CCC12CCC2. The van der Waals surface area contributed by atoms with Gasteiger partial charge in [-0.2, -0.15) is 0 Å². The lowest BCUT2D eigenvalue weighted by molar-refractivity contribution is -0.126. The van der Waals surface area contributed by atoms with Crippen LogP contribution in [-0.4, -0.2) is 5.78 Å². The molecule has 2 aliphatic carbocycles. The smallest absolute Gasteiger partial charge is 0.161 e. The monoisotopic (exact) mass is 122 g/mol. The Morgan fingerprint density at radius 3 is 2.44 bits per heavy atom. The summed E-state index contributed by atoms with van der Waals surface area (Å²) in [6.07, 6.45) is 8.32. The summed E-state index contributed by atoms with van der Waals surface area (Å²) in [5, 5.41) is 0. The first kappa shape index (κ1) is 5.21. The van der Waals surface area contributed by atoms with Crippen LogP contribution >= 0.6 is 0 Å². The molecule has 0 heterocycles. The number of carbonyl (C=O) groups is 1. The molecule has 2 rings (SSSR count). The van der Waals surface area contributed by atoms with Crippen molar-refractivity contribution in [3.8, 4) is 0 Å². The molecule has 0 N–H and O–H groups in total. The van der Waals surface area contributed by atoms with Crippen molar-refractivity contribution in [2.45, 2.75) is 25.7 Å². The highest BCUT2D eigenvalue weighted by Crippen LogP contribution is 2.47. The Morgan fingerprint density at radius 1 is 1.44 bits per heavy atom. The van der Waals surface area contributed by atoms with Crippen LogP contribution in [0.5, 0.6) is 0 Å². The molecule has 0 aliphatic heterocycles. The van der Waals surface area contributed by atoms with Crippen molar-refractivity contribution < 1.29 is 4.79 Å². The van der Waals surface area contributed by atoms with Crippen LogP contribution in [0.2, 0.25) is 0 Å². The van der Waals surface area contributed by atoms with Gasteiger partial charge in [0.1, 0.15) is 0 Å². The molecule has 48 valence electrons. The highest BCUT2D eigenvalue weighted by Gasteiger charge is 2.43. The van der Waals surface area contributed by atoms with Gasteiger partial charge in [-0.3, -0.25) is 4.79 Å². The second kappa shape index (κ2) is 1.47. The summed E-state index contributed by atoms with van der Waals surface area (Å²) in [4.78, 5) is 11.1. The molecule has 1 spiro atoms. The zero-order valence-corrected chi connectivity index (χ0v) is 5.39. The Labute approximate surface area is 54.8 Å². The second-order valence-electron chi connectivity index (χ2n) is 3.10. The predicted octanol–water partition coefficient (Wildman–Crippen LogP) is 1.69. The van der Waals surface area contributed by atoms with Crippen molar-refractivity contribution in [1.29, 1.82) is 0 Å². The minimum absolute atomic E-state index is 0.125. The van der Waals surface area contributed by atoms with Crippen molar-refractivity contribution in [3.63, 3.8) is 0 Å². The number of carbonyl (C=O) groups excluding carboxylic acids is 1. The molecule has 0 bridgehead atoms. The first-order chi connectivity index (χ1) is 4.33. The van der Waals surface area contributed by atoms with Gasteiger partial charge in [0.25, 0.3) is 0 Å². The van der Waals surface area contributed by atoms with E-state index < -0.39 is 0 Å². The van der Waals surface area contributed by atoms with Gasteiger partial charge in [-0.1, -0.05) is 12.5 Å². The second-order valence-corrected chi connectivity index (χ2v) is 3.10. The van der Waals surface area contributed by atoms with E-state index in [1.54, 1.807) is 6.08 Å². The van der Waals surface area contributed by atoms with Gasteiger partial charge >= 0.3 is 0 Å². The maximum absolute atomic E-state index is 11.1. The quantitative estimate of drug-likeness (QED) is 0.477. The molecule has 0 unspecified atom stereocenters. The van der Waals surface area contributed by atoms with E-state index in [1.807, 2.05) is 6.08 Å². The maximum atomic E-state index is 11.1. The molecule has 1 saturated carbocycles. The van der Waals surface area contributed by atoms with Crippen LogP contribution in [0, 0.1) is 5.41 Å². The van der Waals surface area contributed by atoms with Crippen LogP contribution in [0.1, 0.15) is 25.7 Å². The standard InChI is InChI=1S/C8H10O/c9-7-3-1-4-8(7)5-2-6-8/h1,3H,2,4-6H2. The van der Waals surface area contributed by atoms with E-state index in [2.05, 4.69) is 0 Å². The van der Waals surface area contributed by atoms with Gasteiger partial charge in [0.05, 0.1) is 0 Å². The highest BCUT2D eigenvalue weighted by molar-refractivity contribution is 5.97. The molecule has 0 aromatic rings. The first-order valence-electron chi connectivity index (χ1n) is 3.55. The van der Waals surface area contributed by atoms with Gasteiger partial charge < -0.3 is 0 Å². The average Bonchev–Trinajstić information content (AvgIpc) is 2.07. The lowest BCUT2D eigenvalue weighted by Gasteiger charge is -2.36. The van der Waals surface area contributed by atoms with Crippen molar-refractivity contribution >= 4 is 5.78 Å². The molecule has 2 aliphatic rings. The fraction of sp³-hybridized carbons (Fsp3) is 0.625. The molecule has 0 amide bonds. The van der Waals surface area contributed by atoms with Crippen molar-refractivity contribution in [1.82, 2.24) is 0 Å². The largest absolute Gasteiger partial charge is 0.294 e. The van der Waals surface area contributed by atoms with Crippen LogP contribution in [0.15, 0.2) is 12.2 Å². The van der Waals surface area contributed by atoms with Crippen molar-refractivity contribution in [2.24, 2.45) is 5.41 Å². The summed E-state index contributed by atoms with van der Waals surface area (Å²) in [6, 6.07) is 0. The first-order valence-corrected chi connectivity index (χ1v) is 3.55. The lowest BCUT2D eigenvalue weighted by Crippen LogP contribution is -2.33. The van der Waals surface area contributed by atoms with Crippen LogP contribution in [0.3, 0.4) is 0 Å². The van der Waals surface area contributed by atoms with E-state index >= 15 is 0 Å². The number of allylic oxidation sites excluding steroid dienone is 2. The molecule has 0 aromatic heterocycles. The molecule has 0 radical (unpaired) electrons. The molecule has 1 heteroatoms. The Hall–Kier alpha value is -0.590. The van der Waals surface area contributed by atoms with E-state index in [9.17, 15) is 4.79 Å². The third-order valence-corrected chi connectivity index (χ3v) is 2.61. The minimum Gasteiger partial charge on any atom is -0.294 e. The Balaban J connectivity index is 2.23. The normalized spacial score (nSPS) is 29.1. The molecule has 1 fully saturated rings. The van der Waals surface area contributed by atoms with E-state index in [-0.39, 0.29) is 5.41 Å². The number of hydrogen-bond donors (Lipinski definition) is 0. The van der Waals surface area contributed by atoms with Gasteiger partial charge in [0, 0.05) is 5.41 Å². The summed E-state index contributed by atoms with van der Waals surface area (Å²) in [7, 11) is 0. The van der Waals surface area contributed by atoms with Crippen molar-refractivity contribution in [2.75, 3.05) is 0 Å².